The summed E-state index contributed by atoms with van der Waals surface area (Å²) in [5.41, 5.74) is 3.62. The van der Waals surface area contributed by atoms with Crippen molar-refractivity contribution in [1.82, 2.24) is 15.6 Å². The first kappa shape index (κ1) is 17.3. The molecule has 132 valence electrons. The maximum Gasteiger partial charge on any atom is 0.213 e. The van der Waals surface area contributed by atoms with E-state index < -0.39 is 0 Å². The van der Waals surface area contributed by atoms with Gasteiger partial charge in [-0.1, -0.05) is 29.8 Å². The first-order valence-electron chi connectivity index (χ1n) is 8.81. The zero-order valence-corrected chi connectivity index (χ0v) is 15.0. The van der Waals surface area contributed by atoms with Crippen molar-refractivity contribution < 1.29 is 4.74 Å². The van der Waals surface area contributed by atoms with E-state index in [1.54, 1.807) is 13.2 Å². The number of aryl methyl sites for hydroxylation is 1. The molecule has 1 fully saturated rings. The molecule has 2 N–H and O–H groups in total. The monoisotopic (exact) mass is 338 g/mol. The summed E-state index contributed by atoms with van der Waals surface area (Å²) < 4.78 is 5.73. The summed E-state index contributed by atoms with van der Waals surface area (Å²) >= 11 is 0. The molecule has 25 heavy (non-hydrogen) atoms. The fraction of sp³-hybridized carbons (Fsp3) is 0.400. The van der Waals surface area contributed by atoms with Crippen LogP contribution in [0.3, 0.4) is 0 Å². The molecule has 5 nitrogen and oxygen atoms in total. The molecule has 1 aromatic carbocycles. The summed E-state index contributed by atoms with van der Waals surface area (Å²) in [5.74, 6) is 2.21. The van der Waals surface area contributed by atoms with Crippen LogP contribution in [0.25, 0.3) is 0 Å². The highest BCUT2D eigenvalue weighted by Gasteiger charge is 2.22. The molecule has 0 radical (unpaired) electrons. The molecule has 1 aliphatic carbocycles. The van der Waals surface area contributed by atoms with Crippen molar-refractivity contribution in [3.8, 4) is 5.88 Å². The Balaban J connectivity index is 1.47. The summed E-state index contributed by atoms with van der Waals surface area (Å²) in [6.45, 7) is 4.29. The third-order valence-corrected chi connectivity index (χ3v) is 4.23. The van der Waals surface area contributed by atoms with Crippen LogP contribution in [0.15, 0.2) is 47.6 Å². The molecule has 0 aliphatic heterocycles. The SMILES string of the molecule is CN=C(NCc1ccc(C)cc1)NCc1ccnc(OCC2CC2)c1. The Morgan fingerprint density at radius 1 is 1.12 bits per heavy atom. The molecule has 1 aliphatic rings. The second-order valence-corrected chi connectivity index (χ2v) is 6.52. The normalized spacial score (nSPS) is 14.2. The van der Waals surface area contributed by atoms with E-state index in [0.717, 1.165) is 30.6 Å². The lowest BCUT2D eigenvalue weighted by molar-refractivity contribution is 0.288. The van der Waals surface area contributed by atoms with E-state index in [2.05, 4.69) is 51.8 Å². The van der Waals surface area contributed by atoms with Gasteiger partial charge in [0.25, 0.3) is 0 Å². The average Bonchev–Trinajstić information content (AvgIpc) is 3.46. The highest BCUT2D eigenvalue weighted by molar-refractivity contribution is 5.79. The topological polar surface area (TPSA) is 58.5 Å². The third kappa shape index (κ3) is 5.78. The highest BCUT2D eigenvalue weighted by Crippen LogP contribution is 2.29. The van der Waals surface area contributed by atoms with Crippen molar-refractivity contribution >= 4 is 5.96 Å². The minimum Gasteiger partial charge on any atom is -0.477 e. The summed E-state index contributed by atoms with van der Waals surface area (Å²) in [5, 5.41) is 6.66. The summed E-state index contributed by atoms with van der Waals surface area (Å²) in [6, 6.07) is 12.5. The Kier molecular flexibility index (Phi) is 5.88. The number of hydrogen-bond acceptors (Lipinski definition) is 3. The van der Waals surface area contributed by atoms with Gasteiger partial charge >= 0.3 is 0 Å². The Hall–Kier alpha value is -2.56. The highest BCUT2D eigenvalue weighted by atomic mass is 16.5. The van der Waals surface area contributed by atoms with Gasteiger partial charge in [-0.05, 0) is 42.9 Å². The molecule has 0 spiro atoms. The number of aliphatic imine (C=N–C) groups is 1. The van der Waals surface area contributed by atoms with Crippen LogP contribution in [0.4, 0.5) is 0 Å². The van der Waals surface area contributed by atoms with Crippen molar-refractivity contribution in [2.45, 2.75) is 32.9 Å². The fourth-order valence-electron chi connectivity index (χ4n) is 2.43. The van der Waals surface area contributed by atoms with Gasteiger partial charge in [0.05, 0.1) is 6.61 Å². The van der Waals surface area contributed by atoms with Crippen LogP contribution >= 0.6 is 0 Å². The molecular weight excluding hydrogens is 312 g/mol. The van der Waals surface area contributed by atoms with Crippen molar-refractivity contribution in [2.24, 2.45) is 10.9 Å². The number of nitrogens with one attached hydrogen (secondary N) is 2. The van der Waals surface area contributed by atoms with E-state index >= 15 is 0 Å². The van der Waals surface area contributed by atoms with E-state index in [9.17, 15) is 0 Å². The minimum atomic E-state index is 0.676. The molecule has 0 bridgehead atoms. The predicted octanol–water partition coefficient (Wildman–Crippen LogP) is 3.04. The van der Waals surface area contributed by atoms with Crippen molar-refractivity contribution in [1.29, 1.82) is 0 Å². The van der Waals surface area contributed by atoms with Gasteiger partial charge in [-0.15, -0.1) is 0 Å². The molecule has 0 amide bonds. The first-order chi connectivity index (χ1) is 12.2. The largest absolute Gasteiger partial charge is 0.477 e. The lowest BCUT2D eigenvalue weighted by atomic mass is 10.1. The fourth-order valence-corrected chi connectivity index (χ4v) is 2.43. The number of guanidine groups is 1. The van der Waals surface area contributed by atoms with Crippen LogP contribution in [0, 0.1) is 12.8 Å². The molecule has 2 aromatic rings. The zero-order chi connectivity index (χ0) is 17.5. The van der Waals surface area contributed by atoms with Gasteiger partial charge in [-0.2, -0.15) is 0 Å². The van der Waals surface area contributed by atoms with Gasteiger partial charge in [0, 0.05) is 32.4 Å². The van der Waals surface area contributed by atoms with Gasteiger partial charge in [0.2, 0.25) is 5.88 Å². The number of nitrogens with zero attached hydrogens (tertiary/aromatic N) is 2. The van der Waals surface area contributed by atoms with E-state index in [4.69, 9.17) is 4.74 Å². The van der Waals surface area contributed by atoms with Crippen LogP contribution < -0.4 is 15.4 Å². The lowest BCUT2D eigenvalue weighted by Crippen LogP contribution is -2.36. The second-order valence-electron chi connectivity index (χ2n) is 6.52. The predicted molar refractivity (Wildman–Crippen MR) is 101 cm³/mol. The van der Waals surface area contributed by atoms with Crippen LogP contribution in [-0.2, 0) is 13.1 Å². The average molecular weight is 338 g/mol. The van der Waals surface area contributed by atoms with Crippen molar-refractivity contribution in [3.63, 3.8) is 0 Å². The molecular formula is C20H26N4O. The lowest BCUT2D eigenvalue weighted by Gasteiger charge is -2.13. The van der Waals surface area contributed by atoms with E-state index in [0.29, 0.717) is 12.4 Å². The molecule has 1 aromatic heterocycles. The van der Waals surface area contributed by atoms with E-state index in [-0.39, 0.29) is 0 Å². The van der Waals surface area contributed by atoms with Crippen molar-refractivity contribution in [2.75, 3.05) is 13.7 Å². The van der Waals surface area contributed by atoms with Crippen LogP contribution in [0.5, 0.6) is 5.88 Å². The number of aromatic nitrogens is 1. The molecule has 5 heteroatoms. The standard InChI is InChI=1S/C20H26N4O/c1-15-3-5-16(6-4-15)12-23-20(21-2)24-13-18-9-10-22-19(11-18)25-14-17-7-8-17/h3-6,9-11,17H,7-8,12-14H2,1-2H3,(H2,21,23,24). The Bertz CT molecular complexity index is 708. The number of benzene rings is 1. The molecule has 0 saturated heterocycles. The molecule has 3 rings (SSSR count). The first-order valence-corrected chi connectivity index (χ1v) is 8.81. The van der Waals surface area contributed by atoms with Gasteiger partial charge in [-0.25, -0.2) is 4.98 Å². The number of rotatable bonds is 7. The van der Waals surface area contributed by atoms with Crippen LogP contribution in [-0.4, -0.2) is 24.6 Å². The Morgan fingerprint density at radius 2 is 1.84 bits per heavy atom. The number of pyridine rings is 1. The van der Waals surface area contributed by atoms with Gasteiger partial charge in [0.15, 0.2) is 5.96 Å². The molecule has 1 heterocycles. The quantitative estimate of drug-likeness (QED) is 0.602. The van der Waals surface area contributed by atoms with Gasteiger partial charge < -0.3 is 15.4 Å². The molecule has 1 saturated carbocycles. The van der Waals surface area contributed by atoms with Gasteiger partial charge in [-0.3, -0.25) is 4.99 Å². The van der Waals surface area contributed by atoms with Crippen LogP contribution in [0.2, 0.25) is 0 Å². The summed E-state index contributed by atoms with van der Waals surface area (Å²) in [4.78, 5) is 8.55. The number of hydrogen-bond donors (Lipinski definition) is 2. The van der Waals surface area contributed by atoms with E-state index in [1.807, 2.05) is 12.1 Å². The Morgan fingerprint density at radius 3 is 2.52 bits per heavy atom. The second kappa shape index (κ2) is 8.51. The van der Waals surface area contributed by atoms with Gasteiger partial charge in [0.1, 0.15) is 0 Å². The number of ether oxygens (including phenoxy) is 1. The molecule has 0 atom stereocenters. The Labute approximate surface area is 149 Å². The van der Waals surface area contributed by atoms with E-state index in [1.165, 1.54) is 24.0 Å². The maximum absolute atomic E-state index is 5.73. The smallest absolute Gasteiger partial charge is 0.213 e. The summed E-state index contributed by atoms with van der Waals surface area (Å²) in [7, 11) is 1.78. The molecule has 0 unspecified atom stereocenters. The summed E-state index contributed by atoms with van der Waals surface area (Å²) in [6.07, 6.45) is 4.36. The minimum absolute atomic E-state index is 0.676. The maximum atomic E-state index is 5.73. The van der Waals surface area contributed by atoms with Crippen LogP contribution in [0.1, 0.15) is 29.5 Å². The zero-order valence-electron chi connectivity index (χ0n) is 15.0. The third-order valence-electron chi connectivity index (χ3n) is 4.23. The van der Waals surface area contributed by atoms with Crippen molar-refractivity contribution in [3.05, 3.63) is 59.3 Å².